The molecule has 152 valence electrons. The number of carbonyl (C=O) groups is 2. The zero-order valence-electron chi connectivity index (χ0n) is 16.4. The van der Waals surface area contributed by atoms with Crippen LogP contribution in [0.25, 0.3) is 11.0 Å². The van der Waals surface area contributed by atoms with Crippen LogP contribution in [0.4, 0.5) is 0 Å². The number of para-hydroxylation sites is 1. The smallest absolute Gasteiger partial charge is 0.276 e. The first-order valence-corrected chi connectivity index (χ1v) is 9.00. The molecule has 2 aromatic heterocycles. The summed E-state index contributed by atoms with van der Waals surface area (Å²) in [5.41, 5.74) is 6.65. The number of nitrogens with one attached hydrogen (secondary N) is 2. The van der Waals surface area contributed by atoms with E-state index in [1.807, 2.05) is 32.0 Å². The third-order valence-electron chi connectivity index (χ3n) is 4.40. The van der Waals surface area contributed by atoms with Gasteiger partial charge in [-0.15, -0.1) is 0 Å². The third-order valence-corrected chi connectivity index (χ3v) is 4.40. The summed E-state index contributed by atoms with van der Waals surface area (Å²) >= 11 is 0. The monoisotopic (exact) mass is 398 g/mol. The molecule has 2 N–H and O–H groups in total. The molecule has 10 nitrogen and oxygen atoms in total. The van der Waals surface area contributed by atoms with Crippen molar-refractivity contribution < 1.29 is 14.3 Å². The minimum atomic E-state index is -0.489. The lowest BCUT2D eigenvalue weighted by atomic mass is 10.1. The lowest BCUT2D eigenvalue weighted by molar-refractivity contribution is -0.130. The quantitative estimate of drug-likeness (QED) is 0.579. The lowest BCUT2D eigenvalue weighted by Gasteiger charge is -2.12. The second-order valence-electron chi connectivity index (χ2n) is 6.60. The summed E-state index contributed by atoms with van der Waals surface area (Å²) < 4.78 is 8.36. The number of hydrogen-bond acceptors (Lipinski definition) is 6. The van der Waals surface area contributed by atoms with Gasteiger partial charge in [0.1, 0.15) is 11.1 Å². The van der Waals surface area contributed by atoms with E-state index in [0.29, 0.717) is 16.8 Å². The molecule has 0 aliphatic carbocycles. The Kier molecular flexibility index (Phi) is 5.91. The maximum atomic E-state index is 12.3. The number of aryl methyl sites for hydroxylation is 4. The van der Waals surface area contributed by atoms with E-state index >= 15 is 0 Å². The summed E-state index contributed by atoms with van der Waals surface area (Å²) in [7, 11) is 1.69. The predicted octanol–water partition coefficient (Wildman–Crippen LogP) is 0.363. The van der Waals surface area contributed by atoms with Crippen molar-refractivity contribution in [1.82, 2.24) is 30.2 Å². The molecule has 0 atom stereocenters. The predicted molar refractivity (Wildman–Crippen MR) is 105 cm³/mol. The average Bonchev–Trinajstić information content (AvgIpc) is 3.07. The molecule has 0 saturated heterocycles. The molecule has 0 unspecified atom stereocenters. The fraction of sp³-hybridized carbons (Fsp3) is 0.316. The van der Waals surface area contributed by atoms with Crippen molar-refractivity contribution in [2.75, 3.05) is 6.61 Å². The Labute approximate surface area is 166 Å². The van der Waals surface area contributed by atoms with E-state index in [1.54, 1.807) is 7.05 Å². The topological polar surface area (TPSA) is 120 Å². The number of nitrogens with zero attached hydrogens (tertiary/aromatic N) is 4. The van der Waals surface area contributed by atoms with Crippen LogP contribution >= 0.6 is 0 Å². The summed E-state index contributed by atoms with van der Waals surface area (Å²) in [5, 5.41) is 4.38. The molecule has 0 saturated carbocycles. The highest BCUT2D eigenvalue weighted by atomic mass is 16.5. The van der Waals surface area contributed by atoms with Gasteiger partial charge in [-0.05, 0) is 25.0 Å². The van der Waals surface area contributed by atoms with Crippen LogP contribution in [0, 0.1) is 13.8 Å². The van der Waals surface area contributed by atoms with Gasteiger partial charge in [-0.25, -0.2) is 4.98 Å². The largest absolute Gasteiger partial charge is 0.483 e. The summed E-state index contributed by atoms with van der Waals surface area (Å²) in [6.45, 7) is 3.67. The maximum absolute atomic E-state index is 12.3. The van der Waals surface area contributed by atoms with Crippen LogP contribution < -0.4 is 21.1 Å². The van der Waals surface area contributed by atoms with Gasteiger partial charge in [0, 0.05) is 20.0 Å². The van der Waals surface area contributed by atoms with Crippen LogP contribution in [-0.4, -0.2) is 37.8 Å². The molecule has 0 spiro atoms. The van der Waals surface area contributed by atoms with Crippen LogP contribution in [0.5, 0.6) is 5.75 Å². The van der Waals surface area contributed by atoms with E-state index in [2.05, 4.69) is 20.9 Å². The number of ether oxygens (including phenoxy) is 1. The summed E-state index contributed by atoms with van der Waals surface area (Å²) in [4.78, 5) is 40.4. The Morgan fingerprint density at radius 2 is 1.83 bits per heavy atom. The van der Waals surface area contributed by atoms with E-state index < -0.39 is 11.8 Å². The highest BCUT2D eigenvalue weighted by Crippen LogP contribution is 2.21. The molecule has 2 amide bonds. The molecule has 0 aliphatic heterocycles. The normalized spacial score (nSPS) is 10.7. The van der Waals surface area contributed by atoms with Gasteiger partial charge in [0.25, 0.3) is 11.5 Å². The van der Waals surface area contributed by atoms with Crippen molar-refractivity contribution in [3.8, 4) is 5.75 Å². The first-order valence-electron chi connectivity index (χ1n) is 9.00. The van der Waals surface area contributed by atoms with Gasteiger partial charge in [-0.1, -0.05) is 18.2 Å². The van der Waals surface area contributed by atoms with Crippen molar-refractivity contribution in [3.05, 3.63) is 52.2 Å². The molecular formula is C19H22N6O4. The second kappa shape index (κ2) is 8.55. The van der Waals surface area contributed by atoms with Crippen molar-refractivity contribution in [3.63, 3.8) is 0 Å². The SMILES string of the molecule is Cc1cccc(C)c1OCC(=O)NNC(=O)CCn1cnc2c(cnn2C)c1=O. The molecule has 29 heavy (non-hydrogen) atoms. The van der Waals surface area contributed by atoms with E-state index in [0.717, 1.165) is 11.1 Å². The van der Waals surface area contributed by atoms with Crippen LogP contribution in [-0.2, 0) is 23.2 Å². The number of aromatic nitrogens is 4. The van der Waals surface area contributed by atoms with E-state index in [9.17, 15) is 14.4 Å². The standard InChI is InChI=1S/C19H22N6O4/c1-12-5-4-6-13(2)17(12)29-10-16(27)23-22-15(26)7-8-25-11-20-18-14(19(25)28)9-21-24(18)3/h4-6,9,11H,7-8,10H2,1-3H3,(H,22,26)(H,23,27). The van der Waals surface area contributed by atoms with Gasteiger partial charge in [0.15, 0.2) is 12.3 Å². The van der Waals surface area contributed by atoms with Crippen LogP contribution in [0.15, 0.2) is 35.5 Å². The molecule has 3 aromatic rings. The van der Waals surface area contributed by atoms with E-state index in [-0.39, 0.29) is 25.1 Å². The third kappa shape index (κ3) is 4.60. The van der Waals surface area contributed by atoms with Gasteiger partial charge in [0.05, 0.1) is 12.5 Å². The molecule has 0 aliphatic rings. The first kappa shape index (κ1) is 20.1. The molecular weight excluding hydrogens is 376 g/mol. The number of fused-ring (bicyclic) bond motifs is 1. The highest BCUT2D eigenvalue weighted by molar-refractivity contribution is 5.82. The Balaban J connectivity index is 1.47. The fourth-order valence-electron chi connectivity index (χ4n) is 2.85. The molecule has 1 aromatic carbocycles. The highest BCUT2D eigenvalue weighted by Gasteiger charge is 2.11. The molecule has 0 fully saturated rings. The molecule has 0 radical (unpaired) electrons. The Hall–Kier alpha value is -3.69. The van der Waals surface area contributed by atoms with Crippen molar-refractivity contribution in [2.24, 2.45) is 7.05 Å². The van der Waals surface area contributed by atoms with E-state index in [1.165, 1.54) is 21.8 Å². The zero-order chi connectivity index (χ0) is 21.0. The Morgan fingerprint density at radius 1 is 1.14 bits per heavy atom. The molecule has 10 heteroatoms. The minimum Gasteiger partial charge on any atom is -0.483 e. The number of hydrogen-bond donors (Lipinski definition) is 2. The average molecular weight is 398 g/mol. The van der Waals surface area contributed by atoms with Crippen LogP contribution in [0.1, 0.15) is 17.5 Å². The van der Waals surface area contributed by atoms with Gasteiger partial charge < -0.3 is 4.74 Å². The van der Waals surface area contributed by atoms with Crippen LogP contribution in [0.3, 0.4) is 0 Å². The number of rotatable bonds is 6. The number of amides is 2. The van der Waals surface area contributed by atoms with Gasteiger partial charge in [-0.3, -0.25) is 34.5 Å². The molecule has 3 rings (SSSR count). The van der Waals surface area contributed by atoms with E-state index in [4.69, 9.17) is 4.74 Å². The van der Waals surface area contributed by atoms with Gasteiger partial charge in [0.2, 0.25) is 5.91 Å². The summed E-state index contributed by atoms with van der Waals surface area (Å²) in [5.74, 6) is -0.285. The van der Waals surface area contributed by atoms with Crippen molar-refractivity contribution >= 4 is 22.8 Å². The van der Waals surface area contributed by atoms with Crippen molar-refractivity contribution in [1.29, 1.82) is 0 Å². The summed E-state index contributed by atoms with van der Waals surface area (Å²) in [6, 6.07) is 5.69. The molecule has 2 heterocycles. The second-order valence-corrected chi connectivity index (χ2v) is 6.60. The van der Waals surface area contributed by atoms with Gasteiger partial charge >= 0.3 is 0 Å². The maximum Gasteiger partial charge on any atom is 0.276 e. The first-order chi connectivity index (χ1) is 13.9. The molecule has 0 bridgehead atoms. The minimum absolute atomic E-state index is 0.00854. The summed E-state index contributed by atoms with van der Waals surface area (Å²) in [6.07, 6.45) is 2.81. The number of carbonyl (C=O) groups excluding carboxylic acids is 2. The Bertz CT molecular complexity index is 1100. The van der Waals surface area contributed by atoms with Gasteiger partial charge in [-0.2, -0.15) is 5.10 Å². The Morgan fingerprint density at radius 3 is 2.55 bits per heavy atom. The fourth-order valence-corrected chi connectivity index (χ4v) is 2.85. The number of benzene rings is 1. The lowest BCUT2D eigenvalue weighted by Crippen LogP contribution is -2.44. The van der Waals surface area contributed by atoms with Crippen LogP contribution in [0.2, 0.25) is 0 Å². The number of hydrazine groups is 1. The zero-order valence-corrected chi connectivity index (χ0v) is 16.4. The van der Waals surface area contributed by atoms with Crippen molar-refractivity contribution in [2.45, 2.75) is 26.8 Å².